The zero-order valence-corrected chi connectivity index (χ0v) is 18.9. The minimum Gasteiger partial charge on any atom is -0.379 e. The maximum absolute atomic E-state index is 14.2. The summed E-state index contributed by atoms with van der Waals surface area (Å²) in [6.45, 7) is 3.38. The van der Waals surface area contributed by atoms with Gasteiger partial charge in [-0.3, -0.25) is 14.6 Å². The van der Waals surface area contributed by atoms with Gasteiger partial charge in [0.25, 0.3) is 5.91 Å². The molecular formula is C21H21F2N3O4S2. The van der Waals surface area contributed by atoms with Crippen LogP contribution in [0.3, 0.4) is 0 Å². The molecule has 0 unspecified atom stereocenters. The molecule has 0 saturated carbocycles. The normalized spacial score (nSPS) is 15.2. The number of carbonyl (C=O) groups excluding carboxylic acids is 1. The fraction of sp³-hybridized carbons (Fsp3) is 0.333. The zero-order chi connectivity index (χ0) is 22.9. The van der Waals surface area contributed by atoms with Crippen molar-refractivity contribution in [2.75, 3.05) is 50.5 Å². The van der Waals surface area contributed by atoms with Gasteiger partial charge in [0.05, 0.1) is 22.8 Å². The number of fused-ring (bicyclic) bond motifs is 1. The van der Waals surface area contributed by atoms with Crippen molar-refractivity contribution in [1.29, 1.82) is 0 Å². The molecule has 0 spiro atoms. The van der Waals surface area contributed by atoms with E-state index in [0.29, 0.717) is 32.8 Å². The van der Waals surface area contributed by atoms with Crippen LogP contribution in [0.4, 0.5) is 13.9 Å². The summed E-state index contributed by atoms with van der Waals surface area (Å²) in [5.74, 6) is -2.00. The van der Waals surface area contributed by atoms with Crippen molar-refractivity contribution in [3.8, 4) is 0 Å². The lowest BCUT2D eigenvalue weighted by molar-refractivity contribution is 0.0391. The highest BCUT2D eigenvalue weighted by Gasteiger charge is 2.24. The first-order valence-electron chi connectivity index (χ1n) is 9.90. The predicted octanol–water partition coefficient (Wildman–Crippen LogP) is 2.96. The number of nitrogens with zero attached hydrogens (tertiary/aromatic N) is 3. The van der Waals surface area contributed by atoms with Crippen molar-refractivity contribution in [2.45, 2.75) is 4.90 Å². The van der Waals surface area contributed by atoms with E-state index >= 15 is 0 Å². The molecule has 3 aromatic rings. The molecule has 1 aliphatic rings. The van der Waals surface area contributed by atoms with Crippen molar-refractivity contribution >= 4 is 42.4 Å². The Morgan fingerprint density at radius 2 is 1.97 bits per heavy atom. The Balaban J connectivity index is 1.70. The van der Waals surface area contributed by atoms with Crippen LogP contribution >= 0.6 is 11.3 Å². The zero-order valence-electron chi connectivity index (χ0n) is 17.3. The number of amides is 1. The first kappa shape index (κ1) is 22.7. The Kier molecular flexibility index (Phi) is 6.52. The molecule has 0 radical (unpaired) electrons. The Morgan fingerprint density at radius 3 is 2.69 bits per heavy atom. The molecule has 0 aliphatic carbocycles. The fourth-order valence-electron chi connectivity index (χ4n) is 3.43. The standard InChI is InChI=1S/C21H21F2N3O4S2/c1-32(28,29)16-4-2-3-14(11-16)20(27)26(6-5-25-7-9-30-10-8-25)21-24-19-17(23)12-15(22)13-18(19)31-21/h2-4,11-13H,5-10H2,1H3. The number of benzene rings is 2. The van der Waals surface area contributed by atoms with Gasteiger partial charge >= 0.3 is 0 Å². The van der Waals surface area contributed by atoms with Crippen LogP contribution < -0.4 is 4.90 Å². The average Bonchev–Trinajstić information content (AvgIpc) is 3.18. The summed E-state index contributed by atoms with van der Waals surface area (Å²) in [4.78, 5) is 21.2. The number of morpholine rings is 1. The second-order valence-electron chi connectivity index (χ2n) is 7.44. The van der Waals surface area contributed by atoms with E-state index in [4.69, 9.17) is 4.74 Å². The summed E-state index contributed by atoms with van der Waals surface area (Å²) < 4.78 is 57.4. The Bertz CT molecular complexity index is 1260. The van der Waals surface area contributed by atoms with Crippen LogP contribution in [0.25, 0.3) is 10.2 Å². The van der Waals surface area contributed by atoms with Crippen molar-refractivity contribution in [3.05, 3.63) is 53.6 Å². The van der Waals surface area contributed by atoms with Crippen LogP contribution in [0.5, 0.6) is 0 Å². The first-order valence-corrected chi connectivity index (χ1v) is 12.6. The number of ether oxygens (including phenoxy) is 1. The molecular weight excluding hydrogens is 460 g/mol. The van der Waals surface area contributed by atoms with Gasteiger partial charge in [0.15, 0.2) is 20.8 Å². The third kappa shape index (κ3) is 4.96. The van der Waals surface area contributed by atoms with Crippen LogP contribution in [0.1, 0.15) is 10.4 Å². The van der Waals surface area contributed by atoms with E-state index in [1.165, 1.54) is 35.2 Å². The predicted molar refractivity (Wildman–Crippen MR) is 118 cm³/mol. The van der Waals surface area contributed by atoms with Gasteiger partial charge in [0.2, 0.25) is 0 Å². The molecule has 2 aromatic carbocycles. The molecule has 32 heavy (non-hydrogen) atoms. The molecule has 0 N–H and O–H groups in total. The number of halogens is 2. The topological polar surface area (TPSA) is 79.8 Å². The molecule has 2 heterocycles. The van der Waals surface area contributed by atoms with E-state index in [2.05, 4.69) is 9.88 Å². The number of anilines is 1. The van der Waals surface area contributed by atoms with Crippen LogP contribution in [0.15, 0.2) is 41.3 Å². The maximum atomic E-state index is 14.2. The third-order valence-corrected chi connectivity index (χ3v) is 7.27. The number of hydrogen-bond acceptors (Lipinski definition) is 7. The van der Waals surface area contributed by atoms with Gasteiger partial charge in [0.1, 0.15) is 11.3 Å². The van der Waals surface area contributed by atoms with Gasteiger partial charge in [-0.2, -0.15) is 0 Å². The van der Waals surface area contributed by atoms with Gasteiger partial charge in [0, 0.05) is 44.1 Å². The van der Waals surface area contributed by atoms with E-state index < -0.39 is 27.4 Å². The quantitative estimate of drug-likeness (QED) is 0.539. The highest BCUT2D eigenvalue weighted by atomic mass is 32.2. The van der Waals surface area contributed by atoms with Gasteiger partial charge < -0.3 is 4.74 Å². The average molecular weight is 482 g/mol. The maximum Gasteiger partial charge on any atom is 0.260 e. The highest BCUT2D eigenvalue weighted by Crippen LogP contribution is 2.32. The summed E-state index contributed by atoms with van der Waals surface area (Å²) in [6, 6.07) is 7.67. The largest absolute Gasteiger partial charge is 0.379 e. The molecule has 170 valence electrons. The smallest absolute Gasteiger partial charge is 0.260 e. The molecule has 0 bridgehead atoms. The lowest BCUT2D eigenvalue weighted by Crippen LogP contribution is -2.43. The highest BCUT2D eigenvalue weighted by molar-refractivity contribution is 7.90. The van der Waals surface area contributed by atoms with E-state index in [9.17, 15) is 22.0 Å². The Morgan fingerprint density at radius 1 is 1.22 bits per heavy atom. The number of sulfone groups is 1. The number of carbonyl (C=O) groups is 1. The van der Waals surface area contributed by atoms with Crippen molar-refractivity contribution in [1.82, 2.24) is 9.88 Å². The van der Waals surface area contributed by atoms with Gasteiger partial charge in [-0.05, 0) is 24.3 Å². The van der Waals surface area contributed by atoms with Crippen LogP contribution in [-0.2, 0) is 14.6 Å². The molecule has 0 atom stereocenters. The molecule has 7 nitrogen and oxygen atoms in total. The van der Waals surface area contributed by atoms with E-state index in [0.717, 1.165) is 23.7 Å². The second kappa shape index (κ2) is 9.18. The number of aromatic nitrogens is 1. The van der Waals surface area contributed by atoms with Crippen LogP contribution in [0, 0.1) is 11.6 Å². The minimum atomic E-state index is -3.51. The van der Waals surface area contributed by atoms with Gasteiger partial charge in [-0.25, -0.2) is 22.2 Å². The first-order chi connectivity index (χ1) is 15.2. The Hall–Kier alpha value is -2.47. The van der Waals surface area contributed by atoms with Crippen molar-refractivity contribution in [3.63, 3.8) is 0 Å². The molecule has 4 rings (SSSR count). The lowest BCUT2D eigenvalue weighted by Gasteiger charge is -2.29. The second-order valence-corrected chi connectivity index (χ2v) is 10.5. The molecule has 1 aromatic heterocycles. The molecule has 1 saturated heterocycles. The SMILES string of the molecule is CS(=O)(=O)c1cccc(C(=O)N(CCN2CCOCC2)c2nc3c(F)cc(F)cc3s2)c1. The minimum absolute atomic E-state index is 0.0135. The molecule has 1 aliphatic heterocycles. The summed E-state index contributed by atoms with van der Waals surface area (Å²) in [5.41, 5.74) is 0.154. The number of thiazole rings is 1. The monoisotopic (exact) mass is 481 g/mol. The molecule has 1 fully saturated rings. The summed E-state index contributed by atoms with van der Waals surface area (Å²) in [5, 5.41) is 0.215. The number of hydrogen-bond donors (Lipinski definition) is 0. The summed E-state index contributed by atoms with van der Waals surface area (Å²) in [7, 11) is -3.51. The van der Waals surface area contributed by atoms with Crippen LogP contribution in [-0.4, -0.2) is 69.9 Å². The van der Waals surface area contributed by atoms with Crippen molar-refractivity contribution in [2.24, 2.45) is 0 Å². The van der Waals surface area contributed by atoms with E-state index in [-0.39, 0.29) is 32.4 Å². The fourth-order valence-corrected chi connectivity index (χ4v) is 5.12. The van der Waals surface area contributed by atoms with Crippen LogP contribution in [0.2, 0.25) is 0 Å². The van der Waals surface area contributed by atoms with Gasteiger partial charge in [-0.15, -0.1) is 0 Å². The van der Waals surface area contributed by atoms with Crippen molar-refractivity contribution < 1.29 is 26.7 Å². The molecule has 1 amide bonds. The summed E-state index contributed by atoms with van der Waals surface area (Å²) in [6.07, 6.45) is 1.07. The summed E-state index contributed by atoms with van der Waals surface area (Å²) >= 11 is 1.01. The third-order valence-electron chi connectivity index (χ3n) is 5.13. The van der Waals surface area contributed by atoms with Gasteiger partial charge in [-0.1, -0.05) is 17.4 Å². The van der Waals surface area contributed by atoms with E-state index in [1.54, 1.807) is 0 Å². The lowest BCUT2D eigenvalue weighted by atomic mass is 10.2. The van der Waals surface area contributed by atoms with E-state index in [1.807, 2.05) is 0 Å². The molecule has 11 heteroatoms. The number of rotatable bonds is 6. The Labute approximate surface area is 188 Å².